The molecule has 2 N–H and O–H groups in total. The van der Waals surface area contributed by atoms with Crippen molar-refractivity contribution in [2.45, 2.75) is 0 Å². The van der Waals surface area contributed by atoms with Gasteiger partial charge in [0.25, 0.3) is 0 Å². The van der Waals surface area contributed by atoms with Crippen LogP contribution in [0, 0.1) is 0 Å². The van der Waals surface area contributed by atoms with Gasteiger partial charge in [0.1, 0.15) is 0 Å². The van der Waals surface area contributed by atoms with E-state index >= 15 is 0 Å². The van der Waals surface area contributed by atoms with Crippen LogP contribution in [0.5, 0.6) is 0 Å². The van der Waals surface area contributed by atoms with E-state index in [1.54, 1.807) is 0 Å². The van der Waals surface area contributed by atoms with E-state index in [4.69, 9.17) is 4.55 Å². The van der Waals surface area contributed by atoms with Crippen molar-refractivity contribution in [3.8, 4) is 0 Å². The zero-order valence-corrected chi connectivity index (χ0v) is 4.79. The molecule has 0 spiro atoms. The molecule has 0 heterocycles. The second-order valence-corrected chi connectivity index (χ2v) is 2.13. The molecule has 0 aromatic rings. The Morgan fingerprint density at radius 3 is 2.14 bits per heavy atom. The van der Waals surface area contributed by atoms with Gasteiger partial charge in [-0.25, -0.2) is 0 Å². The maximum absolute atomic E-state index is 9.58. The third kappa shape index (κ3) is 5.80. The summed E-state index contributed by atoms with van der Waals surface area (Å²) in [6, 6.07) is 0. The molecule has 6 heteroatoms. The topological polar surface area (TPSA) is 66.4 Å². The molecule has 0 atom stereocenters. The van der Waals surface area contributed by atoms with E-state index in [1.807, 2.05) is 0 Å². The first-order valence-corrected chi connectivity index (χ1v) is 3.16. The Hall–Kier alpha value is -0.200. The van der Waals surface area contributed by atoms with Gasteiger partial charge in [0, 0.05) is 0 Å². The summed E-state index contributed by atoms with van der Waals surface area (Å²) in [5.74, 6) is 0. The van der Waals surface area contributed by atoms with Gasteiger partial charge < -0.3 is 0 Å². The molecule has 0 aliphatic carbocycles. The van der Waals surface area contributed by atoms with Gasteiger partial charge in [-0.1, -0.05) is 12.2 Å². The fourth-order valence-corrected chi connectivity index (χ4v) is 0.547. The van der Waals surface area contributed by atoms with Gasteiger partial charge in [-0.3, -0.25) is 9.27 Å². The van der Waals surface area contributed by atoms with Crippen LogP contribution in [-0.2, 0) is 10.3 Å². The Morgan fingerprint density at radius 1 is 1.71 bits per heavy atom. The molecule has 0 radical (unpaired) electrons. The number of hydrogen-bond donors (Lipinski definition) is 2. The Balaban J connectivity index is 3.84. The molecule has 4 nitrogen and oxygen atoms in total. The Morgan fingerprint density at radius 2 is 2.14 bits per heavy atom. The quantitative estimate of drug-likeness (QED) is 0.395. The van der Waals surface area contributed by atoms with Gasteiger partial charge in [-0.05, 0) is 0 Å². The zero-order valence-electron chi connectivity index (χ0n) is 3.16. The minimum Gasteiger partial charge on any atom is -0.269 e. The molecule has 0 aliphatic heterocycles. The molecule has 0 saturated heterocycles. The van der Waals surface area contributed by atoms with Crippen LogP contribution in [0.4, 0.5) is 0 Å². The van der Waals surface area contributed by atoms with E-state index in [2.05, 4.69) is 12.2 Å². The summed E-state index contributed by atoms with van der Waals surface area (Å²) in [5, 5.41) is 0. The SMILES string of the molecule is O=S(=O)(O)NC=S. The van der Waals surface area contributed by atoms with Crippen molar-refractivity contribution >= 4 is 28.0 Å². The predicted molar refractivity (Wildman–Crippen MR) is 28.3 cm³/mol. The first-order valence-electron chi connectivity index (χ1n) is 1.24. The van der Waals surface area contributed by atoms with E-state index in [9.17, 15) is 8.42 Å². The molecule has 7 heavy (non-hydrogen) atoms. The molecule has 0 bridgehead atoms. The number of hydrogen-bond acceptors (Lipinski definition) is 3. The highest BCUT2D eigenvalue weighted by molar-refractivity contribution is 7.86. The van der Waals surface area contributed by atoms with E-state index in [-0.39, 0.29) is 0 Å². The molecule has 42 valence electrons. The smallest absolute Gasteiger partial charge is 0.269 e. The average Bonchev–Trinajstić information content (AvgIpc) is 1.30. The fourth-order valence-electron chi connectivity index (χ4n) is 0.0608. The van der Waals surface area contributed by atoms with E-state index in [1.165, 1.54) is 4.72 Å². The van der Waals surface area contributed by atoms with Crippen molar-refractivity contribution in [2.24, 2.45) is 0 Å². The molecule has 0 saturated carbocycles. The van der Waals surface area contributed by atoms with Crippen molar-refractivity contribution in [3.05, 3.63) is 0 Å². The van der Waals surface area contributed by atoms with Crippen molar-refractivity contribution in [2.75, 3.05) is 0 Å². The molecule has 0 aromatic heterocycles. The minimum absolute atomic E-state index is 0.704. The van der Waals surface area contributed by atoms with Crippen molar-refractivity contribution in [1.29, 1.82) is 0 Å². The summed E-state index contributed by atoms with van der Waals surface area (Å²) in [6.45, 7) is 0. The highest BCUT2D eigenvalue weighted by atomic mass is 32.2. The summed E-state index contributed by atoms with van der Waals surface area (Å²) >= 11 is 4.02. The Labute approximate surface area is 46.4 Å². The molecule has 0 amide bonds. The van der Waals surface area contributed by atoms with Gasteiger partial charge in [0.05, 0.1) is 5.49 Å². The molecular weight excluding hydrogens is 138 g/mol. The minimum atomic E-state index is -4.08. The largest absolute Gasteiger partial charge is 0.357 e. The van der Waals surface area contributed by atoms with Gasteiger partial charge in [0.2, 0.25) is 0 Å². The van der Waals surface area contributed by atoms with Gasteiger partial charge in [-0.2, -0.15) is 8.42 Å². The predicted octanol–water partition coefficient (Wildman–Crippen LogP) is -0.664. The first kappa shape index (κ1) is 6.80. The van der Waals surface area contributed by atoms with Crippen molar-refractivity contribution in [3.63, 3.8) is 0 Å². The van der Waals surface area contributed by atoms with Crippen LogP contribution in [0.1, 0.15) is 0 Å². The number of nitrogens with one attached hydrogen (secondary N) is 1. The van der Waals surface area contributed by atoms with E-state index in [0.29, 0.717) is 5.49 Å². The third-order valence-corrected chi connectivity index (χ3v) is 0.880. The zero-order chi connectivity index (χ0) is 5.91. The highest BCUT2D eigenvalue weighted by Gasteiger charge is 1.93. The van der Waals surface area contributed by atoms with Crippen LogP contribution in [0.3, 0.4) is 0 Å². The Bertz CT molecular complexity index is 146. The van der Waals surface area contributed by atoms with Gasteiger partial charge >= 0.3 is 10.3 Å². The number of thiocarbonyl (C=S) groups is 1. The monoisotopic (exact) mass is 141 g/mol. The standard InChI is InChI=1S/CH3NO3S2/c3-7(4,5)2-1-6/h1H,(H,2,6)(H,3,4,5). The summed E-state index contributed by atoms with van der Waals surface area (Å²) in [5.41, 5.74) is 0.704. The lowest BCUT2D eigenvalue weighted by Crippen LogP contribution is -2.18. The van der Waals surface area contributed by atoms with Gasteiger partial charge in [-0.15, -0.1) is 0 Å². The first-order chi connectivity index (χ1) is 3.06. The lowest BCUT2D eigenvalue weighted by Gasteiger charge is -1.86. The Kier molecular flexibility index (Phi) is 2.13. The normalized spacial score (nSPS) is 10.4. The number of rotatable bonds is 2. The fraction of sp³-hybridized carbons (Fsp3) is 0. The molecule has 0 rings (SSSR count). The van der Waals surface area contributed by atoms with E-state index < -0.39 is 10.3 Å². The third-order valence-electron chi connectivity index (χ3n) is 0.197. The highest BCUT2D eigenvalue weighted by Crippen LogP contribution is 1.64. The molecule has 0 aliphatic rings. The average molecular weight is 141 g/mol. The van der Waals surface area contributed by atoms with Crippen LogP contribution < -0.4 is 4.72 Å². The van der Waals surface area contributed by atoms with Crippen molar-refractivity contribution in [1.82, 2.24) is 4.72 Å². The molecular formula is CH3NO3S2. The summed E-state index contributed by atoms with van der Waals surface area (Å²) in [6.07, 6.45) is 0. The molecule has 0 fully saturated rings. The van der Waals surface area contributed by atoms with Crippen LogP contribution in [-0.4, -0.2) is 18.5 Å². The molecule has 0 aromatic carbocycles. The lowest BCUT2D eigenvalue weighted by molar-refractivity contribution is 0.479. The van der Waals surface area contributed by atoms with Crippen LogP contribution in [0.15, 0.2) is 0 Å². The van der Waals surface area contributed by atoms with Crippen molar-refractivity contribution < 1.29 is 13.0 Å². The summed E-state index contributed by atoms with van der Waals surface area (Å²) in [7, 11) is -4.08. The lowest BCUT2D eigenvalue weighted by atomic mass is 11.6. The maximum Gasteiger partial charge on any atom is 0.357 e. The van der Waals surface area contributed by atoms with Crippen LogP contribution in [0.25, 0.3) is 0 Å². The summed E-state index contributed by atoms with van der Waals surface area (Å²) in [4.78, 5) is 0. The second-order valence-electron chi connectivity index (χ2n) is 0.711. The maximum atomic E-state index is 9.58. The summed E-state index contributed by atoms with van der Waals surface area (Å²) < 4.78 is 28.4. The molecule has 0 unspecified atom stereocenters. The second kappa shape index (κ2) is 2.20. The van der Waals surface area contributed by atoms with Crippen LogP contribution in [0.2, 0.25) is 0 Å². The van der Waals surface area contributed by atoms with E-state index in [0.717, 1.165) is 0 Å². The van der Waals surface area contributed by atoms with Crippen LogP contribution >= 0.6 is 12.2 Å². The van der Waals surface area contributed by atoms with Gasteiger partial charge in [0.15, 0.2) is 0 Å².